The predicted molar refractivity (Wildman–Crippen MR) is 83.0 cm³/mol. The van der Waals surface area contributed by atoms with Gasteiger partial charge in [-0.15, -0.1) is 0 Å². The van der Waals surface area contributed by atoms with Crippen LogP contribution in [0.3, 0.4) is 0 Å². The lowest BCUT2D eigenvalue weighted by molar-refractivity contribution is 0.0956. The first kappa shape index (κ1) is 15.0. The van der Waals surface area contributed by atoms with E-state index < -0.39 is 0 Å². The fourth-order valence-electron chi connectivity index (χ4n) is 2.82. The number of hydrogen-bond donors (Lipinski definition) is 2. The van der Waals surface area contributed by atoms with Crippen molar-refractivity contribution in [3.05, 3.63) is 34.9 Å². The van der Waals surface area contributed by atoms with E-state index in [9.17, 15) is 4.79 Å². The van der Waals surface area contributed by atoms with Crippen LogP contribution in [0.25, 0.3) is 0 Å². The number of amides is 1. The number of carbonyl (C=O) groups is 1. The van der Waals surface area contributed by atoms with Gasteiger partial charge < -0.3 is 10.6 Å². The Morgan fingerprint density at radius 3 is 2.75 bits per heavy atom. The Kier molecular flexibility index (Phi) is 4.48. The summed E-state index contributed by atoms with van der Waals surface area (Å²) in [5.74, 6) is 0.0740. The molecule has 0 spiro atoms. The Morgan fingerprint density at radius 2 is 2.10 bits per heavy atom. The minimum absolute atomic E-state index is 0.0740. The summed E-state index contributed by atoms with van der Waals surface area (Å²) in [5.41, 5.74) is 3.49. The lowest BCUT2D eigenvalue weighted by Gasteiger charge is -2.26. The van der Waals surface area contributed by atoms with E-state index in [1.807, 2.05) is 7.05 Å². The number of hydrogen-bond acceptors (Lipinski definition) is 2. The van der Waals surface area contributed by atoms with Crippen LogP contribution in [0.15, 0.2) is 18.2 Å². The van der Waals surface area contributed by atoms with Crippen LogP contribution < -0.4 is 10.6 Å². The monoisotopic (exact) mass is 274 g/mol. The summed E-state index contributed by atoms with van der Waals surface area (Å²) < 4.78 is 0. The molecule has 0 aromatic heterocycles. The molecule has 0 fully saturated rings. The van der Waals surface area contributed by atoms with Gasteiger partial charge in [-0.05, 0) is 48.9 Å². The molecule has 1 aromatic carbocycles. The van der Waals surface area contributed by atoms with E-state index in [1.54, 1.807) is 0 Å². The maximum Gasteiger partial charge on any atom is 0.251 e. The van der Waals surface area contributed by atoms with Gasteiger partial charge >= 0.3 is 0 Å². The summed E-state index contributed by atoms with van der Waals surface area (Å²) in [5, 5.41) is 6.35. The Hall–Kier alpha value is -1.35. The zero-order chi connectivity index (χ0) is 14.8. The van der Waals surface area contributed by atoms with Crippen LogP contribution in [0, 0.1) is 5.41 Å². The molecule has 0 saturated carbocycles. The number of aryl methyl sites for hydroxylation is 1. The van der Waals surface area contributed by atoms with Gasteiger partial charge in [0.25, 0.3) is 5.91 Å². The van der Waals surface area contributed by atoms with Gasteiger partial charge in [0.2, 0.25) is 0 Å². The molecule has 1 atom stereocenters. The molecule has 110 valence electrons. The first-order valence-electron chi connectivity index (χ1n) is 7.49. The van der Waals surface area contributed by atoms with Crippen LogP contribution in [-0.4, -0.2) is 19.5 Å². The number of rotatable bonds is 3. The minimum Gasteiger partial charge on any atom is -0.352 e. The molecule has 3 nitrogen and oxygen atoms in total. The van der Waals surface area contributed by atoms with E-state index in [0.717, 1.165) is 31.4 Å². The van der Waals surface area contributed by atoms with Gasteiger partial charge in [-0.3, -0.25) is 4.79 Å². The highest BCUT2D eigenvalue weighted by Gasteiger charge is 2.21. The summed E-state index contributed by atoms with van der Waals surface area (Å²) in [6.07, 6.45) is 3.05. The summed E-state index contributed by atoms with van der Waals surface area (Å²) >= 11 is 0. The molecule has 1 aromatic rings. The van der Waals surface area contributed by atoms with Gasteiger partial charge in [0, 0.05) is 18.2 Å². The van der Waals surface area contributed by atoms with Crippen molar-refractivity contribution in [2.75, 3.05) is 13.6 Å². The third kappa shape index (κ3) is 3.60. The van der Waals surface area contributed by atoms with Crippen molar-refractivity contribution >= 4 is 5.91 Å². The van der Waals surface area contributed by atoms with Crippen molar-refractivity contribution in [2.24, 2.45) is 5.41 Å². The number of carbonyl (C=O) groups excluding carboxylic acids is 1. The molecule has 2 rings (SSSR count). The fraction of sp³-hybridized carbons (Fsp3) is 0.588. The predicted octanol–water partition coefficient (Wildman–Crippen LogP) is 3.06. The van der Waals surface area contributed by atoms with Crippen LogP contribution in [-0.2, 0) is 6.42 Å². The van der Waals surface area contributed by atoms with E-state index in [-0.39, 0.29) is 17.4 Å². The largest absolute Gasteiger partial charge is 0.352 e. The maximum absolute atomic E-state index is 12.1. The van der Waals surface area contributed by atoms with E-state index in [4.69, 9.17) is 0 Å². The zero-order valence-corrected chi connectivity index (χ0v) is 13.0. The van der Waals surface area contributed by atoms with Crippen molar-refractivity contribution in [2.45, 2.75) is 46.1 Å². The average molecular weight is 274 g/mol. The van der Waals surface area contributed by atoms with Gasteiger partial charge in [-0.25, -0.2) is 0 Å². The first-order chi connectivity index (χ1) is 9.40. The van der Waals surface area contributed by atoms with Crippen LogP contribution >= 0.6 is 0 Å². The highest BCUT2D eigenvalue weighted by atomic mass is 16.1. The SMILES string of the molecule is CNC(CC(C)(C)C)c1ccc2c(c1)C(=O)NCCC2. The molecular weight excluding hydrogens is 248 g/mol. The van der Waals surface area contributed by atoms with Crippen molar-refractivity contribution in [3.8, 4) is 0 Å². The van der Waals surface area contributed by atoms with Crippen molar-refractivity contribution in [1.82, 2.24) is 10.6 Å². The van der Waals surface area contributed by atoms with E-state index in [1.165, 1.54) is 11.1 Å². The highest BCUT2D eigenvalue weighted by Crippen LogP contribution is 2.30. The number of benzene rings is 1. The third-order valence-electron chi connectivity index (χ3n) is 3.85. The highest BCUT2D eigenvalue weighted by molar-refractivity contribution is 5.96. The molecule has 1 heterocycles. The number of fused-ring (bicyclic) bond motifs is 1. The molecule has 0 radical (unpaired) electrons. The molecule has 20 heavy (non-hydrogen) atoms. The molecule has 0 aliphatic carbocycles. The quantitative estimate of drug-likeness (QED) is 0.889. The average Bonchev–Trinajstić information content (AvgIpc) is 2.57. The Bertz CT molecular complexity index is 488. The Labute approximate surface area is 122 Å². The second kappa shape index (κ2) is 5.96. The van der Waals surface area contributed by atoms with E-state index in [2.05, 4.69) is 49.6 Å². The van der Waals surface area contributed by atoms with Gasteiger partial charge in [-0.1, -0.05) is 32.9 Å². The van der Waals surface area contributed by atoms with Gasteiger partial charge in [0.15, 0.2) is 0 Å². The summed E-state index contributed by atoms with van der Waals surface area (Å²) in [6.45, 7) is 7.51. The molecule has 0 bridgehead atoms. The van der Waals surface area contributed by atoms with Crippen molar-refractivity contribution < 1.29 is 4.79 Å². The second-order valence-corrected chi connectivity index (χ2v) is 6.88. The molecule has 2 N–H and O–H groups in total. The van der Waals surface area contributed by atoms with E-state index in [0.29, 0.717) is 0 Å². The summed E-state index contributed by atoms with van der Waals surface area (Å²) in [4.78, 5) is 12.1. The van der Waals surface area contributed by atoms with Crippen molar-refractivity contribution in [1.29, 1.82) is 0 Å². The van der Waals surface area contributed by atoms with E-state index >= 15 is 0 Å². The topological polar surface area (TPSA) is 41.1 Å². The molecule has 1 aliphatic rings. The van der Waals surface area contributed by atoms with Gasteiger partial charge in [0.05, 0.1) is 0 Å². The summed E-state index contributed by atoms with van der Waals surface area (Å²) in [6, 6.07) is 6.66. The normalized spacial score (nSPS) is 17.1. The van der Waals surface area contributed by atoms with Crippen LogP contribution in [0.1, 0.15) is 61.1 Å². The smallest absolute Gasteiger partial charge is 0.251 e. The second-order valence-electron chi connectivity index (χ2n) is 6.88. The van der Waals surface area contributed by atoms with Crippen LogP contribution in [0.2, 0.25) is 0 Å². The zero-order valence-electron chi connectivity index (χ0n) is 13.0. The fourth-order valence-corrected chi connectivity index (χ4v) is 2.82. The first-order valence-corrected chi connectivity index (χ1v) is 7.49. The molecule has 3 heteroatoms. The molecule has 1 amide bonds. The Balaban J connectivity index is 2.31. The Morgan fingerprint density at radius 1 is 1.35 bits per heavy atom. The lowest BCUT2D eigenvalue weighted by Crippen LogP contribution is -2.25. The summed E-state index contributed by atoms with van der Waals surface area (Å²) in [7, 11) is 1.99. The number of nitrogens with one attached hydrogen (secondary N) is 2. The van der Waals surface area contributed by atoms with Crippen molar-refractivity contribution in [3.63, 3.8) is 0 Å². The molecule has 1 aliphatic heterocycles. The lowest BCUT2D eigenvalue weighted by atomic mass is 9.84. The van der Waals surface area contributed by atoms with Gasteiger partial charge in [0.1, 0.15) is 0 Å². The third-order valence-corrected chi connectivity index (χ3v) is 3.85. The van der Waals surface area contributed by atoms with Crippen LogP contribution in [0.4, 0.5) is 0 Å². The van der Waals surface area contributed by atoms with Gasteiger partial charge in [-0.2, -0.15) is 0 Å². The minimum atomic E-state index is 0.0740. The van der Waals surface area contributed by atoms with Crippen LogP contribution in [0.5, 0.6) is 0 Å². The molecule has 1 unspecified atom stereocenters. The maximum atomic E-state index is 12.1. The standard InChI is InChI=1S/C17H26N2O/c1-17(2,3)11-15(18-4)13-8-7-12-6-5-9-19-16(20)14(12)10-13/h7-8,10,15,18H,5-6,9,11H2,1-4H3,(H,19,20). The molecular formula is C17H26N2O. The molecule has 0 saturated heterocycles.